The van der Waals surface area contributed by atoms with Gasteiger partial charge < -0.3 is 5.11 Å². The maximum atomic E-state index is 13.0. The first kappa shape index (κ1) is 20.7. The molecule has 0 aliphatic carbocycles. The molecule has 29 heavy (non-hydrogen) atoms. The number of aromatic carboxylic acids is 1. The fourth-order valence-electron chi connectivity index (χ4n) is 2.92. The minimum atomic E-state index is -3.81. The summed E-state index contributed by atoms with van der Waals surface area (Å²) in [5.41, 5.74) is 3.23. The molecule has 3 aromatic rings. The van der Waals surface area contributed by atoms with Crippen LogP contribution in [-0.4, -0.2) is 26.0 Å². The molecule has 0 unspecified atom stereocenters. The summed E-state index contributed by atoms with van der Waals surface area (Å²) in [5.74, 6) is -1.46. The summed E-state index contributed by atoms with van der Waals surface area (Å²) in [6.45, 7) is 1.79. The van der Waals surface area contributed by atoms with Gasteiger partial charge >= 0.3 is 5.97 Å². The zero-order valence-corrected chi connectivity index (χ0v) is 16.5. The van der Waals surface area contributed by atoms with Gasteiger partial charge in [0.05, 0.1) is 10.5 Å². The normalized spacial score (nSPS) is 11.4. The van der Waals surface area contributed by atoms with Crippen molar-refractivity contribution in [1.82, 2.24) is 4.72 Å². The molecule has 0 saturated carbocycles. The van der Waals surface area contributed by atoms with Gasteiger partial charge in [-0.15, -0.1) is 0 Å². The largest absolute Gasteiger partial charge is 0.478 e. The van der Waals surface area contributed by atoms with E-state index in [9.17, 15) is 17.6 Å². The number of sulfonamides is 1. The van der Waals surface area contributed by atoms with E-state index in [4.69, 9.17) is 5.11 Å². The quantitative estimate of drug-likeness (QED) is 0.613. The maximum Gasteiger partial charge on any atom is 0.335 e. The highest BCUT2D eigenvalue weighted by Crippen LogP contribution is 2.20. The van der Waals surface area contributed by atoms with Crippen LogP contribution in [0.25, 0.3) is 11.1 Å². The lowest BCUT2D eigenvalue weighted by molar-refractivity contribution is 0.0696. The summed E-state index contributed by atoms with van der Waals surface area (Å²) in [4.78, 5) is 11.1. The van der Waals surface area contributed by atoms with Crippen LogP contribution in [0.15, 0.2) is 71.6 Å². The molecule has 0 atom stereocenters. The number of hydrogen-bond acceptors (Lipinski definition) is 3. The van der Waals surface area contributed by atoms with E-state index >= 15 is 0 Å². The third-order valence-corrected chi connectivity index (χ3v) is 6.05. The van der Waals surface area contributed by atoms with Crippen LogP contribution in [0, 0.1) is 12.7 Å². The third-order valence-electron chi connectivity index (χ3n) is 4.59. The van der Waals surface area contributed by atoms with Crippen LogP contribution in [0.4, 0.5) is 4.39 Å². The van der Waals surface area contributed by atoms with Crippen LogP contribution in [0.1, 0.15) is 21.5 Å². The van der Waals surface area contributed by atoms with E-state index in [1.807, 2.05) is 24.3 Å². The van der Waals surface area contributed by atoms with Gasteiger partial charge in [0.2, 0.25) is 10.0 Å². The Balaban J connectivity index is 1.64. The van der Waals surface area contributed by atoms with E-state index in [-0.39, 0.29) is 22.8 Å². The number of carboxylic acids is 1. The molecule has 0 fully saturated rings. The van der Waals surface area contributed by atoms with Gasteiger partial charge in [-0.05, 0) is 59.9 Å². The van der Waals surface area contributed by atoms with Crippen molar-refractivity contribution in [1.29, 1.82) is 0 Å². The minimum Gasteiger partial charge on any atom is -0.478 e. The molecule has 0 spiro atoms. The highest BCUT2D eigenvalue weighted by molar-refractivity contribution is 7.89. The predicted molar refractivity (Wildman–Crippen MR) is 109 cm³/mol. The summed E-state index contributed by atoms with van der Waals surface area (Å²) >= 11 is 0. The fraction of sp³-hybridized carbons (Fsp3) is 0.136. The van der Waals surface area contributed by atoms with Crippen LogP contribution >= 0.6 is 0 Å². The molecule has 3 rings (SSSR count). The average Bonchev–Trinajstić information content (AvgIpc) is 2.69. The van der Waals surface area contributed by atoms with Crippen LogP contribution in [0.3, 0.4) is 0 Å². The molecule has 0 heterocycles. The summed E-state index contributed by atoms with van der Waals surface area (Å²) in [6, 6.07) is 17.8. The zero-order valence-electron chi connectivity index (χ0n) is 15.7. The van der Waals surface area contributed by atoms with Crippen molar-refractivity contribution in [2.75, 3.05) is 6.54 Å². The van der Waals surface area contributed by atoms with Crippen molar-refractivity contribution in [2.24, 2.45) is 0 Å². The number of carboxylic acid groups (broad SMARTS) is 1. The first-order valence-corrected chi connectivity index (χ1v) is 10.4. The Morgan fingerprint density at radius 2 is 1.55 bits per heavy atom. The van der Waals surface area contributed by atoms with Crippen LogP contribution in [0.2, 0.25) is 0 Å². The Kier molecular flexibility index (Phi) is 6.10. The molecular formula is C22H20FNO4S. The van der Waals surface area contributed by atoms with Gasteiger partial charge in [0, 0.05) is 6.54 Å². The Hall–Kier alpha value is -3.03. The van der Waals surface area contributed by atoms with Gasteiger partial charge in [-0.1, -0.05) is 42.5 Å². The summed E-state index contributed by atoms with van der Waals surface area (Å²) in [5, 5.41) is 9.17. The summed E-state index contributed by atoms with van der Waals surface area (Å²) < 4.78 is 40.4. The van der Waals surface area contributed by atoms with E-state index in [2.05, 4.69) is 4.72 Å². The Morgan fingerprint density at radius 1 is 0.966 bits per heavy atom. The fourth-order valence-corrected chi connectivity index (χ4v) is 3.98. The Labute approximate surface area is 168 Å². The molecule has 7 heteroatoms. The molecule has 0 bridgehead atoms. The smallest absolute Gasteiger partial charge is 0.335 e. The van der Waals surface area contributed by atoms with Gasteiger partial charge in [-0.25, -0.2) is 22.3 Å². The average molecular weight is 413 g/mol. The SMILES string of the molecule is Cc1ccc(S(=O)(=O)NCCc2ccc(-c3ccc(F)cc3)cc2)cc1C(=O)O. The van der Waals surface area contributed by atoms with E-state index in [1.54, 1.807) is 19.1 Å². The molecule has 0 saturated heterocycles. The second-order valence-electron chi connectivity index (χ2n) is 6.63. The van der Waals surface area contributed by atoms with Crippen LogP contribution in [0.5, 0.6) is 0 Å². The molecule has 0 aliphatic rings. The molecule has 150 valence electrons. The van der Waals surface area contributed by atoms with E-state index in [0.29, 0.717) is 12.0 Å². The number of halogens is 1. The monoisotopic (exact) mass is 413 g/mol. The molecule has 0 aliphatic heterocycles. The standard InChI is InChI=1S/C22H20FNO4S/c1-15-2-11-20(14-21(15)22(25)26)29(27,28)24-13-12-16-3-5-17(6-4-16)18-7-9-19(23)10-8-18/h2-11,14,24H,12-13H2,1H3,(H,25,26). The number of nitrogens with one attached hydrogen (secondary N) is 1. The van der Waals surface area contributed by atoms with Crippen LogP contribution in [-0.2, 0) is 16.4 Å². The minimum absolute atomic E-state index is 0.0377. The van der Waals surface area contributed by atoms with E-state index < -0.39 is 16.0 Å². The van der Waals surface area contributed by atoms with Crippen molar-refractivity contribution in [2.45, 2.75) is 18.2 Å². The summed E-state index contributed by atoms with van der Waals surface area (Å²) in [6.07, 6.45) is 0.473. The molecule has 0 aromatic heterocycles. The zero-order chi connectivity index (χ0) is 21.0. The molecule has 0 amide bonds. The van der Waals surface area contributed by atoms with Crippen molar-refractivity contribution >= 4 is 16.0 Å². The molecular weight excluding hydrogens is 393 g/mol. The lowest BCUT2D eigenvalue weighted by Crippen LogP contribution is -2.26. The molecule has 2 N–H and O–H groups in total. The van der Waals surface area contributed by atoms with Gasteiger partial charge in [0.25, 0.3) is 0 Å². The first-order valence-electron chi connectivity index (χ1n) is 8.95. The number of benzene rings is 3. The number of hydrogen-bond donors (Lipinski definition) is 2. The Bertz CT molecular complexity index is 1120. The lowest BCUT2D eigenvalue weighted by atomic mass is 10.0. The lowest BCUT2D eigenvalue weighted by Gasteiger charge is -2.09. The first-order chi connectivity index (χ1) is 13.8. The molecule has 0 radical (unpaired) electrons. The highest BCUT2D eigenvalue weighted by Gasteiger charge is 2.17. The van der Waals surface area contributed by atoms with E-state index in [1.165, 1.54) is 24.3 Å². The maximum absolute atomic E-state index is 13.0. The van der Waals surface area contributed by atoms with Crippen molar-refractivity contribution < 1.29 is 22.7 Å². The number of rotatable bonds is 7. The predicted octanol–water partition coefficient (Wildman–Crippen LogP) is 4.02. The summed E-state index contributed by atoms with van der Waals surface area (Å²) in [7, 11) is -3.81. The Morgan fingerprint density at radius 3 is 2.14 bits per heavy atom. The van der Waals surface area contributed by atoms with Crippen molar-refractivity contribution in [3.8, 4) is 11.1 Å². The highest BCUT2D eigenvalue weighted by atomic mass is 32.2. The molecule has 5 nitrogen and oxygen atoms in total. The second kappa shape index (κ2) is 8.55. The van der Waals surface area contributed by atoms with Gasteiger partial charge in [0.1, 0.15) is 5.82 Å². The number of carbonyl (C=O) groups is 1. The van der Waals surface area contributed by atoms with Gasteiger partial charge in [0.15, 0.2) is 0 Å². The van der Waals surface area contributed by atoms with Gasteiger partial charge in [-0.3, -0.25) is 0 Å². The van der Waals surface area contributed by atoms with Gasteiger partial charge in [-0.2, -0.15) is 0 Å². The third kappa shape index (κ3) is 5.07. The van der Waals surface area contributed by atoms with Crippen molar-refractivity contribution in [3.63, 3.8) is 0 Å². The molecule has 3 aromatic carbocycles. The van der Waals surface area contributed by atoms with Crippen molar-refractivity contribution in [3.05, 3.63) is 89.2 Å². The van der Waals surface area contributed by atoms with E-state index in [0.717, 1.165) is 22.8 Å². The number of aryl methyl sites for hydroxylation is 1. The second-order valence-corrected chi connectivity index (χ2v) is 8.40. The topological polar surface area (TPSA) is 83.5 Å². The van der Waals surface area contributed by atoms with Crippen LogP contribution < -0.4 is 4.72 Å².